The maximum atomic E-state index is 13.1. The molecule has 1 aliphatic rings. The lowest BCUT2D eigenvalue weighted by Crippen LogP contribution is -2.27. The average molecular weight is 433 g/mol. The predicted octanol–water partition coefficient (Wildman–Crippen LogP) is 5.73. The van der Waals surface area contributed by atoms with Crippen molar-refractivity contribution in [1.82, 2.24) is 4.90 Å². The van der Waals surface area contributed by atoms with Crippen LogP contribution in [0, 0.1) is 5.82 Å². The van der Waals surface area contributed by atoms with Gasteiger partial charge in [0.25, 0.3) is 11.1 Å². The number of thioether (sulfide) groups is 1. The summed E-state index contributed by atoms with van der Waals surface area (Å²) in [4.78, 5) is 25.9. The molecule has 26 heavy (non-hydrogen) atoms. The van der Waals surface area contributed by atoms with E-state index in [-0.39, 0.29) is 32.3 Å². The second-order valence-corrected chi connectivity index (χ2v) is 7.55. The van der Waals surface area contributed by atoms with Crippen LogP contribution in [0.2, 0.25) is 15.1 Å². The highest BCUT2D eigenvalue weighted by Gasteiger charge is 2.35. The van der Waals surface area contributed by atoms with Crippen LogP contribution >= 0.6 is 46.6 Å². The maximum Gasteiger partial charge on any atom is 0.293 e. The van der Waals surface area contributed by atoms with Crippen LogP contribution in [-0.2, 0) is 11.3 Å². The van der Waals surface area contributed by atoms with Gasteiger partial charge in [-0.2, -0.15) is 0 Å². The molecule has 0 atom stereocenters. The molecule has 0 aliphatic carbocycles. The van der Waals surface area contributed by atoms with Gasteiger partial charge < -0.3 is 5.11 Å². The molecule has 0 radical (unpaired) electrons. The highest BCUT2D eigenvalue weighted by atomic mass is 35.5. The summed E-state index contributed by atoms with van der Waals surface area (Å²) < 4.78 is 13.1. The minimum atomic E-state index is -0.513. The monoisotopic (exact) mass is 431 g/mol. The van der Waals surface area contributed by atoms with Crippen molar-refractivity contribution in [2.45, 2.75) is 6.54 Å². The molecular weight excluding hydrogens is 424 g/mol. The molecule has 1 fully saturated rings. The molecule has 134 valence electrons. The lowest BCUT2D eigenvalue weighted by atomic mass is 10.2. The van der Waals surface area contributed by atoms with Crippen molar-refractivity contribution in [1.29, 1.82) is 0 Å². The Labute approximate surface area is 167 Å². The van der Waals surface area contributed by atoms with Crippen LogP contribution in [0.1, 0.15) is 11.1 Å². The van der Waals surface area contributed by atoms with Crippen LogP contribution in [0.4, 0.5) is 9.18 Å². The van der Waals surface area contributed by atoms with Crippen LogP contribution in [0.15, 0.2) is 35.2 Å². The zero-order chi connectivity index (χ0) is 19.0. The number of hydrogen-bond acceptors (Lipinski definition) is 4. The summed E-state index contributed by atoms with van der Waals surface area (Å²) in [6, 6.07) is 6.59. The number of hydrogen-bond donors (Lipinski definition) is 1. The zero-order valence-corrected chi connectivity index (χ0v) is 15.9. The van der Waals surface area contributed by atoms with Gasteiger partial charge in [-0.3, -0.25) is 14.5 Å². The van der Waals surface area contributed by atoms with Crippen molar-refractivity contribution < 1.29 is 19.1 Å². The number of phenolic OH excluding ortho intramolecular Hbond substituents is 1. The van der Waals surface area contributed by atoms with Crippen molar-refractivity contribution in [3.63, 3.8) is 0 Å². The van der Waals surface area contributed by atoms with Gasteiger partial charge in [0.1, 0.15) is 5.82 Å². The fourth-order valence-corrected chi connectivity index (χ4v) is 3.85. The van der Waals surface area contributed by atoms with E-state index in [0.717, 1.165) is 22.7 Å². The highest BCUT2D eigenvalue weighted by Crippen LogP contribution is 2.37. The summed E-state index contributed by atoms with van der Waals surface area (Å²) in [5, 5.41) is 9.29. The molecule has 1 saturated heterocycles. The molecule has 1 heterocycles. The summed E-state index contributed by atoms with van der Waals surface area (Å²) in [5.41, 5.74) is 0.912. The molecular formula is C17H9Cl3FNO3S. The lowest BCUT2D eigenvalue weighted by Gasteiger charge is -2.13. The van der Waals surface area contributed by atoms with Gasteiger partial charge in [-0.05, 0) is 53.2 Å². The number of phenols is 1. The Morgan fingerprint density at radius 2 is 1.73 bits per heavy atom. The zero-order valence-electron chi connectivity index (χ0n) is 12.8. The number of carbonyl (C=O) groups is 2. The number of carbonyl (C=O) groups excluding carboxylic acids is 2. The van der Waals surface area contributed by atoms with Gasteiger partial charge >= 0.3 is 0 Å². The second-order valence-electron chi connectivity index (χ2n) is 5.34. The molecule has 9 heteroatoms. The SMILES string of the molecule is O=C1S/C(=C/c2cc(Cl)c(O)c(Cl)c2)C(=O)N1Cc1ccc(F)cc1Cl. The first-order valence-electron chi connectivity index (χ1n) is 7.13. The number of rotatable bonds is 3. The quantitative estimate of drug-likeness (QED) is 0.629. The molecule has 4 nitrogen and oxygen atoms in total. The summed E-state index contributed by atoms with van der Waals surface area (Å²) in [7, 11) is 0. The van der Waals surface area contributed by atoms with Gasteiger partial charge in [0, 0.05) is 5.02 Å². The van der Waals surface area contributed by atoms with E-state index in [1.54, 1.807) is 0 Å². The van der Waals surface area contributed by atoms with Crippen molar-refractivity contribution in [2.75, 3.05) is 0 Å². The maximum absolute atomic E-state index is 13.1. The molecule has 3 rings (SSSR count). The highest BCUT2D eigenvalue weighted by molar-refractivity contribution is 8.18. The van der Waals surface area contributed by atoms with Gasteiger partial charge in [0.15, 0.2) is 5.75 Å². The standard InChI is InChI=1S/C17H9Cl3FNO3S/c18-11-6-10(21)2-1-9(11)7-22-16(24)14(26-17(22)25)5-8-3-12(19)15(23)13(20)4-8/h1-6,23H,7H2/b14-5+. The molecule has 0 spiro atoms. The van der Waals surface area contributed by atoms with E-state index in [0.29, 0.717) is 11.1 Å². The van der Waals surface area contributed by atoms with Crippen molar-refractivity contribution in [3.8, 4) is 5.75 Å². The molecule has 1 N–H and O–H groups in total. The topological polar surface area (TPSA) is 57.6 Å². The normalized spacial score (nSPS) is 16.0. The van der Waals surface area contributed by atoms with E-state index >= 15 is 0 Å². The van der Waals surface area contributed by atoms with Crippen molar-refractivity contribution in [3.05, 3.63) is 67.2 Å². The minimum absolute atomic E-state index is 0.0288. The molecule has 0 aromatic heterocycles. The average Bonchev–Trinajstić information content (AvgIpc) is 2.82. The van der Waals surface area contributed by atoms with Crippen LogP contribution in [0.3, 0.4) is 0 Å². The van der Waals surface area contributed by atoms with Crippen LogP contribution < -0.4 is 0 Å². The number of halogens is 4. The van der Waals surface area contributed by atoms with E-state index in [9.17, 15) is 19.1 Å². The summed E-state index contributed by atoms with van der Waals surface area (Å²) in [6.07, 6.45) is 1.45. The summed E-state index contributed by atoms with van der Waals surface area (Å²) >= 11 is 18.4. The Hall–Kier alpha value is -1.73. The molecule has 2 aromatic carbocycles. The Balaban J connectivity index is 1.87. The van der Waals surface area contributed by atoms with E-state index in [1.165, 1.54) is 30.3 Å². The minimum Gasteiger partial charge on any atom is -0.505 e. The Kier molecular flexibility index (Phi) is 5.48. The molecule has 0 unspecified atom stereocenters. The van der Waals surface area contributed by atoms with Crippen LogP contribution in [0.25, 0.3) is 6.08 Å². The number of nitrogens with zero attached hydrogens (tertiary/aromatic N) is 1. The van der Waals surface area contributed by atoms with E-state index in [4.69, 9.17) is 34.8 Å². The first-order valence-corrected chi connectivity index (χ1v) is 9.08. The Morgan fingerprint density at radius 1 is 1.08 bits per heavy atom. The molecule has 1 aliphatic heterocycles. The van der Waals surface area contributed by atoms with E-state index in [1.807, 2.05) is 0 Å². The number of benzene rings is 2. The number of imide groups is 1. The molecule has 2 aromatic rings. The fraction of sp³-hybridized carbons (Fsp3) is 0.0588. The van der Waals surface area contributed by atoms with Gasteiger partial charge in [-0.15, -0.1) is 0 Å². The number of aromatic hydroxyl groups is 1. The first kappa shape index (κ1) is 19.0. The third-order valence-electron chi connectivity index (χ3n) is 3.55. The predicted molar refractivity (Wildman–Crippen MR) is 101 cm³/mol. The van der Waals surface area contributed by atoms with Crippen LogP contribution in [0.5, 0.6) is 5.75 Å². The number of amides is 2. The van der Waals surface area contributed by atoms with Crippen molar-refractivity contribution >= 4 is 63.8 Å². The van der Waals surface area contributed by atoms with Gasteiger partial charge in [-0.1, -0.05) is 40.9 Å². The van der Waals surface area contributed by atoms with Crippen molar-refractivity contribution in [2.24, 2.45) is 0 Å². The Morgan fingerprint density at radius 3 is 2.35 bits per heavy atom. The van der Waals surface area contributed by atoms with E-state index in [2.05, 4.69) is 0 Å². The second kappa shape index (κ2) is 7.48. The van der Waals surface area contributed by atoms with Gasteiger partial charge in [0.05, 0.1) is 21.5 Å². The molecule has 0 bridgehead atoms. The third kappa shape index (κ3) is 3.83. The smallest absolute Gasteiger partial charge is 0.293 e. The third-order valence-corrected chi connectivity index (χ3v) is 5.39. The molecule has 0 saturated carbocycles. The van der Waals surface area contributed by atoms with Crippen LogP contribution in [-0.4, -0.2) is 21.2 Å². The van der Waals surface area contributed by atoms with Gasteiger partial charge in [0.2, 0.25) is 0 Å². The summed E-state index contributed by atoms with van der Waals surface area (Å²) in [5.74, 6) is -1.28. The largest absolute Gasteiger partial charge is 0.505 e. The molecule has 2 amide bonds. The fourth-order valence-electron chi connectivity index (χ4n) is 2.28. The van der Waals surface area contributed by atoms with Gasteiger partial charge in [-0.25, -0.2) is 4.39 Å². The lowest BCUT2D eigenvalue weighted by molar-refractivity contribution is -0.123. The first-order chi connectivity index (χ1) is 12.3. The Bertz CT molecular complexity index is 941. The summed E-state index contributed by atoms with van der Waals surface area (Å²) in [6.45, 7) is -0.0712. The van der Waals surface area contributed by atoms with E-state index < -0.39 is 17.0 Å².